The van der Waals surface area contributed by atoms with Gasteiger partial charge in [-0.3, -0.25) is 0 Å². The van der Waals surface area contributed by atoms with Gasteiger partial charge in [-0.05, 0) is 52.5 Å². The van der Waals surface area contributed by atoms with Gasteiger partial charge in [0.1, 0.15) is 18.1 Å². The van der Waals surface area contributed by atoms with Crippen LogP contribution in [-0.2, 0) is 17.8 Å². The highest BCUT2D eigenvalue weighted by molar-refractivity contribution is 9.10. The fraction of sp³-hybridized carbons (Fsp3) is 0.316. The molecule has 0 saturated heterocycles. The molecule has 0 aliphatic heterocycles. The minimum atomic E-state index is -0.445. The highest BCUT2D eigenvalue weighted by Gasteiger charge is 2.15. The fourth-order valence-electron chi connectivity index (χ4n) is 2.43. The Morgan fingerprint density at radius 3 is 2.44 bits per heavy atom. The summed E-state index contributed by atoms with van der Waals surface area (Å²) in [6.07, 6.45) is 0.146. The van der Waals surface area contributed by atoms with Crippen LogP contribution in [0.2, 0.25) is 0 Å². The van der Waals surface area contributed by atoms with E-state index in [0.717, 1.165) is 27.1 Å². The molecule has 0 aliphatic rings. The second-order valence-corrected chi connectivity index (χ2v) is 6.46. The van der Waals surface area contributed by atoms with Crippen LogP contribution < -0.4 is 14.8 Å². The Hall–Kier alpha value is -2.21. The van der Waals surface area contributed by atoms with Crippen molar-refractivity contribution in [3.63, 3.8) is 0 Å². The highest BCUT2D eigenvalue weighted by atomic mass is 79.9. The van der Waals surface area contributed by atoms with Crippen LogP contribution in [0.5, 0.6) is 11.5 Å². The van der Waals surface area contributed by atoms with Crippen molar-refractivity contribution in [1.29, 1.82) is 0 Å². The summed E-state index contributed by atoms with van der Waals surface area (Å²) >= 11 is 3.44. The van der Waals surface area contributed by atoms with Gasteiger partial charge in [0.15, 0.2) is 0 Å². The van der Waals surface area contributed by atoms with Crippen LogP contribution in [-0.4, -0.2) is 26.4 Å². The quantitative estimate of drug-likeness (QED) is 0.741. The lowest BCUT2D eigenvalue weighted by Gasteiger charge is -2.17. The van der Waals surface area contributed by atoms with E-state index in [9.17, 15) is 4.79 Å². The highest BCUT2D eigenvalue weighted by Crippen LogP contribution is 2.33. The minimum Gasteiger partial charge on any atom is -0.496 e. The van der Waals surface area contributed by atoms with Crippen LogP contribution in [0.25, 0.3) is 0 Å². The van der Waals surface area contributed by atoms with E-state index < -0.39 is 6.09 Å². The molecule has 1 amide bonds. The summed E-state index contributed by atoms with van der Waals surface area (Å²) in [5.74, 6) is 1.45. The lowest BCUT2D eigenvalue weighted by Crippen LogP contribution is -2.34. The summed E-state index contributed by atoms with van der Waals surface area (Å²) in [5, 5.41) is 2.83. The average Bonchev–Trinajstić information content (AvgIpc) is 2.61. The monoisotopic (exact) mass is 407 g/mol. The van der Waals surface area contributed by atoms with E-state index in [2.05, 4.69) is 21.2 Å². The zero-order valence-electron chi connectivity index (χ0n) is 14.5. The molecule has 0 bridgehead atoms. The number of carbonyl (C=O) groups is 1. The smallest absolute Gasteiger partial charge is 0.407 e. The Morgan fingerprint density at radius 2 is 1.80 bits per heavy atom. The number of rotatable bonds is 7. The lowest BCUT2D eigenvalue weighted by atomic mass is 10.1. The normalized spacial score (nSPS) is 11.5. The Bertz CT molecular complexity index is 706. The van der Waals surface area contributed by atoms with Crippen LogP contribution in [0.1, 0.15) is 18.1 Å². The Kier molecular flexibility index (Phi) is 7.13. The molecule has 0 saturated carbocycles. The standard InChI is InChI=1S/C19H22BrNO4/c1-13(21-19(22)25-12-14-7-5-4-6-8-14)9-15-10-18(24-3)16(20)11-17(15)23-2/h4-8,10-11,13H,9,12H2,1-3H3,(H,21,22). The van der Waals surface area contributed by atoms with E-state index in [4.69, 9.17) is 14.2 Å². The Balaban J connectivity index is 1.93. The van der Waals surface area contributed by atoms with Crippen LogP contribution in [0.15, 0.2) is 46.9 Å². The number of amides is 1. The molecule has 1 N–H and O–H groups in total. The van der Waals surface area contributed by atoms with Gasteiger partial charge < -0.3 is 19.5 Å². The van der Waals surface area contributed by atoms with E-state index in [1.165, 1.54) is 0 Å². The number of nitrogens with one attached hydrogen (secondary N) is 1. The first kappa shape index (κ1) is 19.1. The molecule has 0 aromatic heterocycles. The summed E-state index contributed by atoms with van der Waals surface area (Å²) in [5.41, 5.74) is 1.89. The van der Waals surface area contributed by atoms with Crippen molar-refractivity contribution in [2.24, 2.45) is 0 Å². The third kappa shape index (κ3) is 5.67. The maximum Gasteiger partial charge on any atom is 0.407 e. The molecule has 0 heterocycles. The van der Waals surface area contributed by atoms with Gasteiger partial charge in [-0.15, -0.1) is 0 Å². The number of halogens is 1. The van der Waals surface area contributed by atoms with Crippen molar-refractivity contribution >= 4 is 22.0 Å². The number of hydrogen-bond acceptors (Lipinski definition) is 4. The second-order valence-electron chi connectivity index (χ2n) is 5.61. The fourth-order valence-corrected chi connectivity index (χ4v) is 2.91. The van der Waals surface area contributed by atoms with Crippen LogP contribution in [0.4, 0.5) is 4.79 Å². The second kappa shape index (κ2) is 9.32. The predicted octanol–water partition coefficient (Wildman–Crippen LogP) is 4.32. The van der Waals surface area contributed by atoms with Crippen LogP contribution in [0.3, 0.4) is 0 Å². The summed E-state index contributed by atoms with van der Waals surface area (Å²) < 4.78 is 16.8. The summed E-state index contributed by atoms with van der Waals surface area (Å²) in [4.78, 5) is 12.0. The average molecular weight is 408 g/mol. The zero-order valence-corrected chi connectivity index (χ0v) is 16.1. The molecule has 5 nitrogen and oxygen atoms in total. The maximum absolute atomic E-state index is 12.0. The molecule has 2 rings (SSSR count). The number of carbonyl (C=O) groups excluding carboxylic acids is 1. The van der Waals surface area contributed by atoms with Crippen molar-refractivity contribution < 1.29 is 19.0 Å². The van der Waals surface area contributed by atoms with E-state index in [-0.39, 0.29) is 12.6 Å². The van der Waals surface area contributed by atoms with Crippen LogP contribution in [0, 0.1) is 0 Å². The number of hydrogen-bond donors (Lipinski definition) is 1. The molecular weight excluding hydrogens is 386 g/mol. The molecule has 1 atom stereocenters. The van der Waals surface area contributed by atoms with E-state index >= 15 is 0 Å². The van der Waals surface area contributed by atoms with Gasteiger partial charge in [-0.2, -0.15) is 0 Å². The van der Waals surface area contributed by atoms with Gasteiger partial charge in [0.2, 0.25) is 0 Å². The van der Waals surface area contributed by atoms with Crippen molar-refractivity contribution in [2.75, 3.05) is 14.2 Å². The lowest BCUT2D eigenvalue weighted by molar-refractivity contribution is 0.136. The van der Waals surface area contributed by atoms with E-state index in [1.807, 2.05) is 49.4 Å². The minimum absolute atomic E-state index is 0.122. The number of ether oxygens (including phenoxy) is 3. The first-order chi connectivity index (χ1) is 12.0. The largest absolute Gasteiger partial charge is 0.496 e. The molecule has 25 heavy (non-hydrogen) atoms. The summed E-state index contributed by atoms with van der Waals surface area (Å²) in [7, 11) is 3.23. The third-order valence-electron chi connectivity index (χ3n) is 3.66. The van der Waals surface area contributed by atoms with Gasteiger partial charge >= 0.3 is 6.09 Å². The number of methoxy groups -OCH3 is 2. The van der Waals surface area contributed by atoms with Gasteiger partial charge in [-0.1, -0.05) is 30.3 Å². The van der Waals surface area contributed by atoms with Crippen molar-refractivity contribution in [3.05, 3.63) is 58.1 Å². The first-order valence-electron chi connectivity index (χ1n) is 7.91. The van der Waals surface area contributed by atoms with Gasteiger partial charge in [-0.25, -0.2) is 4.79 Å². The molecule has 134 valence electrons. The molecule has 0 aliphatic carbocycles. The molecule has 1 unspecified atom stereocenters. The van der Waals surface area contributed by atoms with Gasteiger partial charge in [0.05, 0.1) is 18.7 Å². The molecule has 0 fully saturated rings. The van der Waals surface area contributed by atoms with E-state index in [0.29, 0.717) is 6.42 Å². The molecule has 2 aromatic rings. The van der Waals surface area contributed by atoms with Crippen molar-refractivity contribution in [2.45, 2.75) is 26.0 Å². The Labute approximate surface area is 156 Å². The van der Waals surface area contributed by atoms with Gasteiger partial charge in [0.25, 0.3) is 0 Å². The van der Waals surface area contributed by atoms with Gasteiger partial charge in [0, 0.05) is 6.04 Å². The topological polar surface area (TPSA) is 56.8 Å². The third-order valence-corrected chi connectivity index (χ3v) is 4.28. The Morgan fingerprint density at radius 1 is 1.12 bits per heavy atom. The van der Waals surface area contributed by atoms with E-state index in [1.54, 1.807) is 14.2 Å². The van der Waals surface area contributed by atoms with Crippen molar-refractivity contribution in [3.8, 4) is 11.5 Å². The molecular formula is C19H22BrNO4. The zero-order chi connectivity index (χ0) is 18.2. The molecule has 0 radical (unpaired) electrons. The molecule has 0 spiro atoms. The number of alkyl carbamates (subject to hydrolysis) is 1. The predicted molar refractivity (Wildman–Crippen MR) is 100 cm³/mol. The van der Waals surface area contributed by atoms with Crippen LogP contribution >= 0.6 is 15.9 Å². The number of benzene rings is 2. The molecule has 2 aromatic carbocycles. The maximum atomic E-state index is 12.0. The molecule has 6 heteroatoms. The SMILES string of the molecule is COc1cc(CC(C)NC(=O)OCc2ccccc2)c(OC)cc1Br. The van der Waals surface area contributed by atoms with Crippen molar-refractivity contribution in [1.82, 2.24) is 5.32 Å². The summed E-state index contributed by atoms with van der Waals surface area (Å²) in [6, 6.07) is 13.2. The summed E-state index contributed by atoms with van der Waals surface area (Å²) in [6.45, 7) is 2.16. The first-order valence-corrected chi connectivity index (χ1v) is 8.70.